The predicted molar refractivity (Wildman–Crippen MR) is 97.6 cm³/mol. The van der Waals surface area contributed by atoms with Crippen molar-refractivity contribution < 1.29 is 0 Å². The van der Waals surface area contributed by atoms with Crippen LogP contribution in [-0.4, -0.2) is 12.0 Å². The monoisotopic (exact) mass is 284 g/mol. The molecule has 1 heterocycles. The van der Waals surface area contributed by atoms with Gasteiger partial charge in [0.2, 0.25) is 0 Å². The minimum absolute atomic E-state index is 0.848. The maximum absolute atomic E-state index is 4.42. The molecule has 1 aromatic rings. The Hall–Kier alpha value is -2.09. The first-order valence-electron chi connectivity index (χ1n) is 7.35. The molecule has 1 aromatic heterocycles. The molecule has 1 rings (SSSR count). The van der Waals surface area contributed by atoms with Crippen molar-refractivity contribution in [2.45, 2.75) is 34.6 Å². The molecule has 1 N–H and O–H groups in total. The number of allylic oxidation sites excluding steroid dienone is 6. The average molecular weight is 284 g/mol. The number of nitrogens with one attached hydrogen (secondary N) is 1. The molecule has 0 unspecified atom stereocenters. The van der Waals surface area contributed by atoms with Gasteiger partial charge < -0.3 is 5.32 Å². The van der Waals surface area contributed by atoms with Crippen molar-refractivity contribution >= 4 is 17.0 Å². The van der Waals surface area contributed by atoms with E-state index in [1.807, 2.05) is 59.2 Å². The van der Waals surface area contributed by atoms with Crippen LogP contribution in [0.25, 0.3) is 11.1 Å². The fraction of sp³-hybridized carbons (Fsp3) is 0.316. The fourth-order valence-electron chi connectivity index (χ4n) is 2.04. The molecule has 0 aromatic carbocycles. The smallest absolute Gasteiger partial charge is 0.133 e. The summed E-state index contributed by atoms with van der Waals surface area (Å²) in [6.45, 7) is 18.0. The summed E-state index contributed by atoms with van der Waals surface area (Å²) in [5, 5.41) is 3.13. The van der Waals surface area contributed by atoms with Gasteiger partial charge in [0, 0.05) is 18.8 Å². The van der Waals surface area contributed by atoms with E-state index in [-0.39, 0.29) is 0 Å². The second kappa shape index (κ2) is 9.76. The second-order valence-electron chi connectivity index (χ2n) is 4.42. The summed E-state index contributed by atoms with van der Waals surface area (Å²) in [7, 11) is 1.87. The highest BCUT2D eigenvalue weighted by atomic mass is 15.0. The van der Waals surface area contributed by atoms with E-state index in [2.05, 4.69) is 36.5 Å². The van der Waals surface area contributed by atoms with E-state index >= 15 is 0 Å². The molecule has 0 radical (unpaired) electrons. The van der Waals surface area contributed by atoms with Crippen molar-refractivity contribution in [3.05, 3.63) is 60.3 Å². The Balaban J connectivity index is 0.00000191. The van der Waals surface area contributed by atoms with Gasteiger partial charge in [0.25, 0.3) is 0 Å². The Morgan fingerprint density at radius 2 is 1.90 bits per heavy atom. The Labute approximate surface area is 130 Å². The van der Waals surface area contributed by atoms with Crippen LogP contribution in [0, 0.1) is 6.92 Å². The van der Waals surface area contributed by atoms with Crippen LogP contribution in [0.1, 0.15) is 44.4 Å². The maximum Gasteiger partial charge on any atom is 0.133 e. The van der Waals surface area contributed by atoms with Gasteiger partial charge in [-0.2, -0.15) is 0 Å². The third-order valence-electron chi connectivity index (χ3n) is 2.91. The highest BCUT2D eigenvalue weighted by Crippen LogP contribution is 2.32. The second-order valence-corrected chi connectivity index (χ2v) is 4.42. The normalized spacial score (nSPS) is 10.9. The minimum atomic E-state index is 0.848. The number of hydrogen-bond donors (Lipinski definition) is 1. The summed E-state index contributed by atoms with van der Waals surface area (Å²) in [6, 6.07) is 0. The lowest BCUT2D eigenvalue weighted by Crippen LogP contribution is -2.03. The van der Waals surface area contributed by atoms with Gasteiger partial charge in [-0.1, -0.05) is 51.3 Å². The lowest BCUT2D eigenvalue weighted by atomic mass is 9.92. The van der Waals surface area contributed by atoms with Gasteiger partial charge in [0.05, 0.1) is 0 Å². The van der Waals surface area contributed by atoms with Gasteiger partial charge in [0.15, 0.2) is 0 Å². The van der Waals surface area contributed by atoms with E-state index in [0.717, 1.165) is 33.7 Å². The number of pyridine rings is 1. The first kappa shape index (κ1) is 18.9. The summed E-state index contributed by atoms with van der Waals surface area (Å²) < 4.78 is 0. The van der Waals surface area contributed by atoms with Crippen molar-refractivity contribution in [1.82, 2.24) is 4.98 Å². The number of hydrogen-bond acceptors (Lipinski definition) is 2. The van der Waals surface area contributed by atoms with Gasteiger partial charge in [-0.05, 0) is 43.0 Å². The predicted octanol–water partition coefficient (Wildman–Crippen LogP) is 5.64. The van der Waals surface area contributed by atoms with E-state index in [1.165, 1.54) is 0 Å². The Morgan fingerprint density at radius 3 is 2.33 bits per heavy atom. The van der Waals surface area contributed by atoms with Crippen molar-refractivity contribution in [2.75, 3.05) is 12.4 Å². The zero-order chi connectivity index (χ0) is 16.4. The molecule has 0 fully saturated rings. The third kappa shape index (κ3) is 4.75. The van der Waals surface area contributed by atoms with E-state index in [1.54, 1.807) is 0 Å². The van der Waals surface area contributed by atoms with E-state index < -0.39 is 0 Å². The number of rotatable bonds is 5. The van der Waals surface area contributed by atoms with Gasteiger partial charge in [0.1, 0.15) is 5.82 Å². The Kier molecular flexibility index (Phi) is 8.79. The summed E-state index contributed by atoms with van der Waals surface area (Å²) >= 11 is 0. The van der Waals surface area contributed by atoms with Crippen molar-refractivity contribution in [2.24, 2.45) is 0 Å². The van der Waals surface area contributed by atoms with Crippen LogP contribution < -0.4 is 5.32 Å². The van der Waals surface area contributed by atoms with Crippen LogP contribution in [0.2, 0.25) is 0 Å². The van der Waals surface area contributed by atoms with Crippen LogP contribution in [0.5, 0.6) is 0 Å². The Bertz CT molecular complexity index is 549. The van der Waals surface area contributed by atoms with Crippen molar-refractivity contribution in [3.8, 4) is 0 Å². The molecule has 0 spiro atoms. The minimum Gasteiger partial charge on any atom is -0.373 e. The van der Waals surface area contributed by atoms with Crippen LogP contribution >= 0.6 is 0 Å². The molecule has 0 amide bonds. The molecule has 114 valence electrons. The fourth-order valence-corrected chi connectivity index (χ4v) is 2.04. The average Bonchev–Trinajstić information content (AvgIpc) is 2.50. The quantitative estimate of drug-likeness (QED) is 0.708. The van der Waals surface area contributed by atoms with Crippen LogP contribution in [0.15, 0.2) is 43.7 Å². The number of nitrogens with zero attached hydrogens (tertiary/aromatic N) is 1. The molecule has 0 saturated heterocycles. The summed E-state index contributed by atoms with van der Waals surface area (Å²) in [6.07, 6.45) is 9.81. The van der Waals surface area contributed by atoms with Crippen LogP contribution in [-0.2, 0) is 0 Å². The van der Waals surface area contributed by atoms with Crippen LogP contribution in [0.4, 0.5) is 5.82 Å². The van der Waals surface area contributed by atoms with Gasteiger partial charge in [-0.25, -0.2) is 4.98 Å². The third-order valence-corrected chi connectivity index (χ3v) is 2.91. The molecule has 0 atom stereocenters. The highest BCUT2D eigenvalue weighted by Gasteiger charge is 2.14. The SMILES string of the molecule is C=C/C(=C\C=C/C)c1c(C)cnc(NC)c1C(=C)C.CC. The number of anilines is 1. The molecular formula is C19H28N2. The number of aryl methyl sites for hydroxylation is 1. The molecule has 0 aliphatic carbocycles. The van der Waals surface area contributed by atoms with Crippen molar-refractivity contribution in [3.63, 3.8) is 0 Å². The molecule has 2 heteroatoms. The first-order valence-corrected chi connectivity index (χ1v) is 7.35. The summed E-state index contributed by atoms with van der Waals surface area (Å²) in [5.41, 5.74) is 5.38. The van der Waals surface area contributed by atoms with E-state index in [4.69, 9.17) is 0 Å². The summed E-state index contributed by atoms with van der Waals surface area (Å²) in [5.74, 6) is 0.848. The standard InChI is InChI=1S/C17H22N2.C2H6/c1-7-9-10-14(8-2)16-13(5)11-19-17(18-6)15(16)12(3)4;1-2/h7-11H,2-3H2,1,4-6H3,(H,18,19);1-2H3/b9-7-,14-10+;. The van der Waals surface area contributed by atoms with Crippen LogP contribution in [0.3, 0.4) is 0 Å². The molecule has 0 aliphatic heterocycles. The summed E-state index contributed by atoms with van der Waals surface area (Å²) in [4.78, 5) is 4.42. The Morgan fingerprint density at radius 1 is 1.29 bits per heavy atom. The lowest BCUT2D eigenvalue weighted by molar-refractivity contribution is 1.21. The number of aromatic nitrogens is 1. The molecule has 0 bridgehead atoms. The first-order chi connectivity index (χ1) is 10.1. The van der Waals surface area contributed by atoms with Gasteiger partial charge >= 0.3 is 0 Å². The zero-order valence-corrected chi connectivity index (χ0v) is 14.2. The van der Waals surface area contributed by atoms with Gasteiger partial charge in [-0.3, -0.25) is 0 Å². The van der Waals surface area contributed by atoms with E-state index in [9.17, 15) is 0 Å². The molecule has 0 saturated carbocycles. The highest BCUT2D eigenvalue weighted by molar-refractivity contribution is 5.88. The zero-order valence-electron chi connectivity index (χ0n) is 14.2. The largest absolute Gasteiger partial charge is 0.373 e. The van der Waals surface area contributed by atoms with Gasteiger partial charge in [-0.15, -0.1) is 0 Å². The molecule has 0 aliphatic rings. The lowest BCUT2D eigenvalue weighted by Gasteiger charge is -2.17. The topological polar surface area (TPSA) is 24.9 Å². The molecular weight excluding hydrogens is 256 g/mol. The van der Waals surface area contributed by atoms with Crippen molar-refractivity contribution in [1.29, 1.82) is 0 Å². The van der Waals surface area contributed by atoms with E-state index in [0.29, 0.717) is 0 Å². The molecule has 21 heavy (non-hydrogen) atoms. The maximum atomic E-state index is 4.42. The molecule has 2 nitrogen and oxygen atoms in total.